The minimum absolute atomic E-state index is 0.699. The summed E-state index contributed by atoms with van der Waals surface area (Å²) in [5.74, 6) is 1.54. The van der Waals surface area contributed by atoms with Crippen molar-refractivity contribution in [2.24, 2.45) is 0 Å². The second-order valence-corrected chi connectivity index (χ2v) is 11.8. The average Bonchev–Trinajstić information content (AvgIpc) is 3.69. The first-order chi connectivity index (χ1) is 22.8. The summed E-state index contributed by atoms with van der Waals surface area (Å²) in [5.41, 5.74) is 8.73. The van der Waals surface area contributed by atoms with E-state index in [2.05, 4.69) is 142 Å². The average molecular weight is 587 g/mol. The largest absolute Gasteiger partial charge is 0.307 e. The van der Waals surface area contributed by atoms with E-state index >= 15 is 0 Å². The van der Waals surface area contributed by atoms with Gasteiger partial charge in [-0.05, 0) is 23.6 Å². The Hall–Kier alpha value is -6.26. The lowest BCUT2D eigenvalue weighted by atomic mass is 10.0. The Morgan fingerprint density at radius 2 is 0.978 bits per heavy atom. The molecule has 214 valence electrons. The lowest BCUT2D eigenvalue weighted by molar-refractivity contribution is 1.05. The van der Waals surface area contributed by atoms with E-state index in [-0.39, 0.29) is 0 Å². The van der Waals surface area contributed by atoms with E-state index in [9.17, 15) is 0 Å². The predicted molar refractivity (Wildman–Crippen MR) is 191 cm³/mol. The summed E-state index contributed by atoms with van der Waals surface area (Å²) in [6, 6.07) is 55.9. The third-order valence-corrected chi connectivity index (χ3v) is 9.28. The number of pyridine rings is 1. The van der Waals surface area contributed by atoms with Crippen LogP contribution in [0.2, 0.25) is 0 Å². The van der Waals surface area contributed by atoms with Crippen LogP contribution in [-0.4, -0.2) is 18.9 Å². The number of nitrogens with zero attached hydrogens (tertiary/aromatic N) is 4. The van der Waals surface area contributed by atoms with Crippen LogP contribution in [-0.2, 0) is 0 Å². The first-order valence-electron chi connectivity index (χ1n) is 15.6. The zero-order valence-corrected chi connectivity index (χ0v) is 24.8. The maximum atomic E-state index is 5.31. The van der Waals surface area contributed by atoms with Crippen LogP contribution in [0.1, 0.15) is 0 Å². The molecular formula is C42H26N4. The number of para-hydroxylation sites is 2. The van der Waals surface area contributed by atoms with Gasteiger partial charge in [-0.2, -0.15) is 0 Å². The molecule has 0 radical (unpaired) electrons. The highest BCUT2D eigenvalue weighted by Gasteiger charge is 2.22. The molecule has 0 saturated heterocycles. The summed E-state index contributed by atoms with van der Waals surface area (Å²) < 4.78 is 4.82. The van der Waals surface area contributed by atoms with Crippen molar-refractivity contribution >= 4 is 59.9 Å². The number of fused-ring (bicyclic) bond motifs is 12. The molecule has 4 heteroatoms. The SMILES string of the molecule is c1ccc(-c2cc(-n3c4ccccc4c4ccc5c6ccccc6c6cc7ccccc7n6c5c43)nc(-c3ccccc3)n2)cc1. The summed E-state index contributed by atoms with van der Waals surface area (Å²) in [7, 11) is 0. The Morgan fingerprint density at radius 1 is 0.391 bits per heavy atom. The van der Waals surface area contributed by atoms with Crippen LogP contribution in [0.5, 0.6) is 0 Å². The van der Waals surface area contributed by atoms with E-state index in [0.29, 0.717) is 5.82 Å². The zero-order chi connectivity index (χ0) is 30.2. The molecule has 6 aromatic carbocycles. The number of benzene rings is 6. The second kappa shape index (κ2) is 9.62. The van der Waals surface area contributed by atoms with Gasteiger partial charge in [-0.25, -0.2) is 9.97 Å². The number of aromatic nitrogens is 4. The van der Waals surface area contributed by atoms with Crippen molar-refractivity contribution in [3.05, 3.63) is 158 Å². The number of rotatable bonds is 3. The van der Waals surface area contributed by atoms with Gasteiger partial charge >= 0.3 is 0 Å². The van der Waals surface area contributed by atoms with Gasteiger partial charge in [0.25, 0.3) is 0 Å². The fourth-order valence-electron chi connectivity index (χ4n) is 7.28. The van der Waals surface area contributed by atoms with Crippen LogP contribution in [0.4, 0.5) is 0 Å². The molecule has 0 N–H and O–H groups in total. The van der Waals surface area contributed by atoms with Gasteiger partial charge < -0.3 is 4.40 Å². The summed E-state index contributed by atoms with van der Waals surface area (Å²) in [4.78, 5) is 10.4. The van der Waals surface area contributed by atoms with Crippen molar-refractivity contribution in [2.45, 2.75) is 0 Å². The van der Waals surface area contributed by atoms with E-state index in [0.717, 1.165) is 33.7 Å². The first-order valence-corrected chi connectivity index (χ1v) is 15.6. The van der Waals surface area contributed by atoms with Crippen molar-refractivity contribution in [3.8, 4) is 28.5 Å². The van der Waals surface area contributed by atoms with Gasteiger partial charge in [0.15, 0.2) is 5.82 Å². The lowest BCUT2D eigenvalue weighted by Gasteiger charge is -2.15. The van der Waals surface area contributed by atoms with Crippen molar-refractivity contribution < 1.29 is 0 Å². The molecule has 4 nitrogen and oxygen atoms in total. The molecule has 46 heavy (non-hydrogen) atoms. The standard InChI is InChI=1S/C42H26N4/c1-3-13-27(14-4-1)35-26-39(44-42(43-35)28-15-5-2-6-16-28)46-37-22-12-10-20-32(37)34-24-23-33-30-18-8-9-19-31(30)38-25-29-17-7-11-21-36(29)45(38)40(33)41(34)46/h1-26H. The molecule has 10 aromatic rings. The Balaban J connectivity index is 1.44. The molecule has 0 unspecified atom stereocenters. The Bertz CT molecular complexity index is 2730. The number of hydrogen-bond donors (Lipinski definition) is 0. The summed E-state index contributed by atoms with van der Waals surface area (Å²) in [6.45, 7) is 0. The van der Waals surface area contributed by atoms with Crippen molar-refractivity contribution in [1.82, 2.24) is 18.9 Å². The Morgan fingerprint density at radius 3 is 1.74 bits per heavy atom. The molecule has 4 heterocycles. The second-order valence-electron chi connectivity index (χ2n) is 11.8. The molecule has 0 bridgehead atoms. The van der Waals surface area contributed by atoms with Crippen LogP contribution in [0.25, 0.3) is 88.4 Å². The molecule has 4 aromatic heterocycles. The zero-order valence-electron chi connectivity index (χ0n) is 24.8. The minimum atomic E-state index is 0.699. The van der Waals surface area contributed by atoms with Crippen molar-refractivity contribution in [3.63, 3.8) is 0 Å². The van der Waals surface area contributed by atoms with Gasteiger partial charge in [0, 0.05) is 44.1 Å². The maximum absolute atomic E-state index is 5.31. The van der Waals surface area contributed by atoms with Crippen LogP contribution in [0.3, 0.4) is 0 Å². The van der Waals surface area contributed by atoms with E-state index in [4.69, 9.17) is 9.97 Å². The van der Waals surface area contributed by atoms with Gasteiger partial charge in [0.2, 0.25) is 0 Å². The fourth-order valence-corrected chi connectivity index (χ4v) is 7.28. The van der Waals surface area contributed by atoms with E-state index in [1.165, 1.54) is 48.9 Å². The van der Waals surface area contributed by atoms with Gasteiger partial charge in [-0.3, -0.25) is 4.57 Å². The highest BCUT2D eigenvalue weighted by atomic mass is 15.1. The van der Waals surface area contributed by atoms with Crippen LogP contribution in [0.15, 0.2) is 158 Å². The van der Waals surface area contributed by atoms with Gasteiger partial charge in [0.1, 0.15) is 5.82 Å². The molecule has 10 rings (SSSR count). The normalized spacial score (nSPS) is 11.9. The molecule has 0 aliphatic rings. The summed E-state index contributed by atoms with van der Waals surface area (Å²) in [6.07, 6.45) is 0. The maximum Gasteiger partial charge on any atom is 0.162 e. The highest BCUT2D eigenvalue weighted by Crippen LogP contribution is 2.42. The molecule has 0 aliphatic heterocycles. The van der Waals surface area contributed by atoms with Crippen LogP contribution in [0, 0.1) is 0 Å². The molecule has 0 amide bonds. The van der Waals surface area contributed by atoms with Crippen molar-refractivity contribution in [1.29, 1.82) is 0 Å². The predicted octanol–water partition coefficient (Wildman–Crippen LogP) is 10.6. The van der Waals surface area contributed by atoms with E-state index in [1.807, 2.05) is 24.3 Å². The monoisotopic (exact) mass is 586 g/mol. The molecule has 0 fully saturated rings. The lowest BCUT2D eigenvalue weighted by Crippen LogP contribution is -2.03. The van der Waals surface area contributed by atoms with Crippen molar-refractivity contribution in [2.75, 3.05) is 0 Å². The van der Waals surface area contributed by atoms with Gasteiger partial charge in [-0.15, -0.1) is 0 Å². The first kappa shape index (κ1) is 25.1. The van der Waals surface area contributed by atoms with E-state index in [1.54, 1.807) is 0 Å². The highest BCUT2D eigenvalue weighted by molar-refractivity contribution is 6.25. The van der Waals surface area contributed by atoms with Gasteiger partial charge in [0.05, 0.1) is 33.3 Å². The quantitative estimate of drug-likeness (QED) is 0.193. The molecule has 0 spiro atoms. The Labute approximate surface area is 264 Å². The van der Waals surface area contributed by atoms with Crippen LogP contribution < -0.4 is 0 Å². The van der Waals surface area contributed by atoms with E-state index < -0.39 is 0 Å². The third-order valence-electron chi connectivity index (χ3n) is 9.28. The number of hydrogen-bond acceptors (Lipinski definition) is 2. The molecule has 0 atom stereocenters. The van der Waals surface area contributed by atoms with Crippen LogP contribution >= 0.6 is 0 Å². The van der Waals surface area contributed by atoms with Gasteiger partial charge in [-0.1, -0.05) is 133 Å². The molecule has 0 aliphatic carbocycles. The fraction of sp³-hybridized carbons (Fsp3) is 0. The summed E-state index contributed by atoms with van der Waals surface area (Å²) in [5, 5.41) is 7.30. The molecule has 0 saturated carbocycles. The summed E-state index contributed by atoms with van der Waals surface area (Å²) >= 11 is 0. The Kier molecular flexibility index (Phi) is 5.25. The minimum Gasteiger partial charge on any atom is -0.307 e. The third kappa shape index (κ3) is 3.55. The smallest absolute Gasteiger partial charge is 0.162 e. The topological polar surface area (TPSA) is 35.1 Å². The molecular weight excluding hydrogens is 560 g/mol.